The average molecular weight is 102 g/mol. The molecule has 0 aromatic carbocycles. The summed E-state index contributed by atoms with van der Waals surface area (Å²) < 4.78 is 0. The van der Waals surface area contributed by atoms with Crippen LogP contribution in [0.25, 0.3) is 0 Å². The van der Waals surface area contributed by atoms with Gasteiger partial charge >= 0.3 is 52.6 Å². The normalized spacial score (nSPS) is 1.20. The first-order valence-corrected chi connectivity index (χ1v) is 0.447. The fourth-order valence-electron chi connectivity index (χ4n) is 0. The maximum atomic E-state index is 7.00. The second-order valence-electron chi connectivity index (χ2n) is 0. The zero-order valence-electron chi connectivity index (χ0n) is 1.86. The Balaban J connectivity index is -0.00000000167. The van der Waals surface area contributed by atoms with Crippen LogP contribution in [0.4, 0.5) is 4.70 Å². The van der Waals surface area contributed by atoms with Crippen molar-refractivity contribution in [3.8, 4) is 0 Å². The van der Waals surface area contributed by atoms with E-state index >= 15 is 0 Å². The van der Waals surface area contributed by atoms with Crippen LogP contribution < -0.4 is 0 Å². The molecule has 5 heavy (non-hydrogen) atoms. The van der Waals surface area contributed by atoms with E-state index in [0.717, 1.165) is 7.11 Å². The molecule has 0 aliphatic rings. The number of aliphatic hydroxyl groups excluding tert-OH is 1. The van der Waals surface area contributed by atoms with Gasteiger partial charge in [0.15, 0.2) is 0 Å². The molecule has 1 nitrogen and oxygen atoms in total. The van der Waals surface area contributed by atoms with Crippen LogP contribution in [0.2, 0.25) is 0 Å². The SMILES string of the molecule is CO.F.[MgH2].[NaH]. The quantitative estimate of drug-likeness (QED) is 0.358. The molecule has 0 radical (unpaired) electrons. The zero-order valence-corrected chi connectivity index (χ0v) is 1.86. The van der Waals surface area contributed by atoms with Crippen LogP contribution in [0.1, 0.15) is 0 Å². The second kappa shape index (κ2) is 44.7. The molecule has 0 aromatic heterocycles. The van der Waals surface area contributed by atoms with Gasteiger partial charge in [0.05, 0.1) is 0 Å². The van der Waals surface area contributed by atoms with Crippen LogP contribution in [0.15, 0.2) is 0 Å². The van der Waals surface area contributed by atoms with Crippen molar-refractivity contribution in [2.24, 2.45) is 0 Å². The van der Waals surface area contributed by atoms with E-state index in [2.05, 4.69) is 0 Å². The first-order valence-electron chi connectivity index (χ1n) is 0.447. The molecular weight excluding hydrogens is 94.3 g/mol. The van der Waals surface area contributed by atoms with Gasteiger partial charge < -0.3 is 5.11 Å². The Morgan fingerprint density at radius 2 is 1.20 bits per heavy atom. The Morgan fingerprint density at radius 3 is 1.20 bits per heavy atom. The van der Waals surface area contributed by atoms with Crippen LogP contribution in [-0.4, -0.2) is 64.8 Å². The number of rotatable bonds is 0. The summed E-state index contributed by atoms with van der Waals surface area (Å²) in [5.74, 6) is 0. The number of halogens is 1. The Hall–Kier alpha value is 1.66. The van der Waals surface area contributed by atoms with E-state index in [1.54, 1.807) is 0 Å². The van der Waals surface area contributed by atoms with E-state index in [-0.39, 0.29) is 57.3 Å². The molecule has 1 N–H and O–H groups in total. The van der Waals surface area contributed by atoms with E-state index in [0.29, 0.717) is 0 Å². The van der Waals surface area contributed by atoms with Crippen LogP contribution in [0.5, 0.6) is 0 Å². The molecule has 0 fully saturated rings. The average Bonchev–Trinajstić information content (AvgIpc) is 1.00. The molecule has 28 valence electrons. The van der Waals surface area contributed by atoms with Crippen molar-refractivity contribution in [2.45, 2.75) is 0 Å². The summed E-state index contributed by atoms with van der Waals surface area (Å²) in [5, 5.41) is 7.00. The van der Waals surface area contributed by atoms with Crippen molar-refractivity contribution in [2.75, 3.05) is 7.11 Å². The van der Waals surface area contributed by atoms with E-state index < -0.39 is 0 Å². The first-order chi connectivity index (χ1) is 1.00. The summed E-state index contributed by atoms with van der Waals surface area (Å²) in [7, 11) is 1.00. The molecule has 0 amide bonds. The van der Waals surface area contributed by atoms with Gasteiger partial charge in [-0.25, -0.2) is 0 Å². The van der Waals surface area contributed by atoms with Crippen molar-refractivity contribution < 1.29 is 9.81 Å². The third-order valence-corrected chi connectivity index (χ3v) is 0. The molecule has 4 heteroatoms. The van der Waals surface area contributed by atoms with E-state index in [4.69, 9.17) is 5.11 Å². The van der Waals surface area contributed by atoms with Crippen LogP contribution in [-0.2, 0) is 0 Å². The van der Waals surface area contributed by atoms with Crippen LogP contribution >= 0.6 is 0 Å². The van der Waals surface area contributed by atoms with Crippen molar-refractivity contribution in [1.82, 2.24) is 0 Å². The molecule has 0 atom stereocenters. The second-order valence-corrected chi connectivity index (χ2v) is 0. The monoisotopic (exact) mass is 102 g/mol. The zero-order chi connectivity index (χ0) is 2.00. The Morgan fingerprint density at radius 1 is 1.20 bits per heavy atom. The predicted molar refractivity (Wildman–Crippen MR) is 26.3 cm³/mol. The molecule has 0 heterocycles. The third kappa shape index (κ3) is 27.6. The van der Waals surface area contributed by atoms with Gasteiger partial charge in [0, 0.05) is 7.11 Å². The number of aliphatic hydroxyl groups is 1. The minimum absolute atomic E-state index is 0. The number of hydrogen-bond acceptors (Lipinski definition) is 1. The fourth-order valence-corrected chi connectivity index (χ4v) is 0. The molecule has 0 spiro atoms. The molecule has 0 saturated heterocycles. The Labute approximate surface area is 68.9 Å². The van der Waals surface area contributed by atoms with E-state index in [1.165, 1.54) is 0 Å². The minimum atomic E-state index is 0. The van der Waals surface area contributed by atoms with Crippen molar-refractivity contribution in [1.29, 1.82) is 0 Å². The third-order valence-electron chi connectivity index (χ3n) is 0. The first kappa shape index (κ1) is 30.2. The summed E-state index contributed by atoms with van der Waals surface area (Å²) in [6.07, 6.45) is 0. The van der Waals surface area contributed by atoms with Gasteiger partial charge in [-0.3, -0.25) is 4.70 Å². The van der Waals surface area contributed by atoms with Crippen molar-refractivity contribution >= 4 is 52.6 Å². The summed E-state index contributed by atoms with van der Waals surface area (Å²) >= 11 is 0. The molecule has 0 aromatic rings. The van der Waals surface area contributed by atoms with Gasteiger partial charge in [0.1, 0.15) is 0 Å². The Kier molecular flexibility index (Phi) is 270. The van der Waals surface area contributed by atoms with Gasteiger partial charge in [-0.1, -0.05) is 0 Å². The predicted octanol–water partition coefficient (Wildman–Crippen LogP) is -1.80. The summed E-state index contributed by atoms with van der Waals surface area (Å²) in [4.78, 5) is 0. The molecule has 0 aliphatic carbocycles. The van der Waals surface area contributed by atoms with E-state index in [9.17, 15) is 0 Å². The molecule has 0 rings (SSSR count). The van der Waals surface area contributed by atoms with Crippen LogP contribution in [0.3, 0.4) is 0 Å². The summed E-state index contributed by atoms with van der Waals surface area (Å²) in [6.45, 7) is 0. The van der Waals surface area contributed by atoms with Gasteiger partial charge in [0.25, 0.3) is 0 Å². The Bertz CT molecular complexity index is 11.6. The van der Waals surface area contributed by atoms with Crippen molar-refractivity contribution in [3.05, 3.63) is 0 Å². The van der Waals surface area contributed by atoms with Gasteiger partial charge in [-0.2, -0.15) is 0 Å². The molecule has 0 unspecified atom stereocenters. The van der Waals surface area contributed by atoms with Crippen molar-refractivity contribution in [3.63, 3.8) is 0 Å². The van der Waals surface area contributed by atoms with Gasteiger partial charge in [-0.15, -0.1) is 0 Å². The van der Waals surface area contributed by atoms with Gasteiger partial charge in [-0.05, 0) is 0 Å². The molecular formula is CH8FMgNaO. The van der Waals surface area contributed by atoms with Gasteiger partial charge in [0.2, 0.25) is 0 Å². The van der Waals surface area contributed by atoms with Crippen LogP contribution in [0, 0.1) is 0 Å². The molecule has 0 saturated carbocycles. The molecule has 0 bridgehead atoms. The van der Waals surface area contributed by atoms with E-state index in [1.807, 2.05) is 0 Å². The molecule has 0 aliphatic heterocycles. The number of hydrogen-bond donors (Lipinski definition) is 1. The fraction of sp³-hybridized carbons (Fsp3) is 1.00. The summed E-state index contributed by atoms with van der Waals surface area (Å²) in [5.41, 5.74) is 0. The summed E-state index contributed by atoms with van der Waals surface area (Å²) in [6, 6.07) is 0. The topological polar surface area (TPSA) is 20.2 Å². The standard InChI is InChI=1S/CH4O.FH.Mg.Na.3H/c1-2;;;;;;/h2H,1H3;1H;;;;;. The maximum absolute atomic E-state index is 7.00.